The Morgan fingerprint density at radius 2 is 1.15 bits per heavy atom. The van der Waals surface area contributed by atoms with Crippen LogP contribution in [0.25, 0.3) is 61.0 Å². The number of nitrogens with zero attached hydrogens (tertiary/aromatic N) is 1. The van der Waals surface area contributed by atoms with Crippen LogP contribution in [0.4, 0.5) is 0 Å². The van der Waals surface area contributed by atoms with E-state index in [1.165, 1.54) is 54.9 Å². The number of fused-ring (bicyclic) bond motifs is 5. The molecule has 0 fully saturated rings. The van der Waals surface area contributed by atoms with Crippen molar-refractivity contribution in [3.63, 3.8) is 0 Å². The van der Waals surface area contributed by atoms with Crippen LogP contribution in [0.1, 0.15) is 41.7 Å². The van der Waals surface area contributed by atoms with Gasteiger partial charge in [0.2, 0.25) is 0 Å². The predicted octanol–water partition coefficient (Wildman–Crippen LogP) is 13.2. The standard InChI is InChI=1S/C51H38N2/c1-51(2)47-25-11-10-22-44(47)46-24-13-23-45(49(46)51)43-30-28-35(41-20-8-9-21-42(41)43)29-31-48(53-50(52)36-15-4-3-5-16-36)40-19-12-18-38(33-40)39-27-26-34-14-6-7-17-37(34)32-39/h3-33,52H,1-2H3/b31-29+,52-50?,53-48?. The summed E-state index contributed by atoms with van der Waals surface area (Å²) in [6.07, 6.45) is 4.22. The molecule has 0 saturated heterocycles. The lowest BCUT2D eigenvalue weighted by Gasteiger charge is -2.25. The maximum Gasteiger partial charge on any atom is 0.152 e. The molecule has 2 heteroatoms. The lowest BCUT2D eigenvalue weighted by molar-refractivity contribution is 0.662. The van der Waals surface area contributed by atoms with Crippen molar-refractivity contribution in [2.75, 3.05) is 0 Å². The molecule has 2 nitrogen and oxygen atoms in total. The van der Waals surface area contributed by atoms with Crippen LogP contribution in [0.5, 0.6) is 0 Å². The summed E-state index contributed by atoms with van der Waals surface area (Å²) >= 11 is 0. The Morgan fingerprint density at radius 1 is 0.509 bits per heavy atom. The molecule has 1 aliphatic rings. The molecule has 8 aromatic rings. The summed E-state index contributed by atoms with van der Waals surface area (Å²) in [6.45, 7) is 4.70. The summed E-state index contributed by atoms with van der Waals surface area (Å²) in [5.74, 6) is 0.225. The molecule has 0 atom stereocenters. The van der Waals surface area contributed by atoms with Gasteiger partial charge in [-0.05, 0) is 89.8 Å². The van der Waals surface area contributed by atoms with Gasteiger partial charge in [0, 0.05) is 16.5 Å². The second-order valence-electron chi connectivity index (χ2n) is 14.3. The van der Waals surface area contributed by atoms with Crippen LogP contribution in [0.3, 0.4) is 0 Å². The quantitative estimate of drug-likeness (QED) is 0.134. The Hall–Kier alpha value is -6.64. The summed E-state index contributed by atoms with van der Waals surface area (Å²) in [5.41, 5.74) is 13.6. The molecular weight excluding hydrogens is 641 g/mol. The summed E-state index contributed by atoms with van der Waals surface area (Å²) in [6, 6.07) is 62.1. The first-order valence-electron chi connectivity index (χ1n) is 18.2. The van der Waals surface area contributed by atoms with Crippen LogP contribution in [0, 0.1) is 5.41 Å². The Kier molecular flexibility index (Phi) is 8.01. The topological polar surface area (TPSA) is 36.2 Å². The minimum Gasteiger partial charge on any atom is -0.282 e. The van der Waals surface area contributed by atoms with Crippen LogP contribution < -0.4 is 0 Å². The van der Waals surface area contributed by atoms with E-state index >= 15 is 0 Å². The molecule has 9 rings (SSSR count). The zero-order valence-corrected chi connectivity index (χ0v) is 29.8. The van der Waals surface area contributed by atoms with Gasteiger partial charge in [-0.15, -0.1) is 0 Å². The molecule has 0 aromatic heterocycles. The van der Waals surface area contributed by atoms with Crippen LogP contribution in [-0.4, -0.2) is 11.5 Å². The SMILES string of the molecule is CC1(C)c2ccccc2-c2cccc(-c3ccc(/C=C/C(=NC(=N)c4ccccc4)c4cccc(-c5ccc6ccccc6c5)c4)c4ccccc34)c21. The van der Waals surface area contributed by atoms with Gasteiger partial charge in [-0.2, -0.15) is 0 Å². The fraction of sp³-hybridized carbons (Fsp3) is 0.0588. The number of allylic oxidation sites excluding steroid dienone is 1. The van der Waals surface area contributed by atoms with E-state index in [9.17, 15) is 0 Å². The van der Waals surface area contributed by atoms with Crippen molar-refractivity contribution in [3.05, 3.63) is 210 Å². The molecule has 0 amide bonds. The molecule has 0 radical (unpaired) electrons. The molecule has 1 aliphatic carbocycles. The zero-order valence-electron chi connectivity index (χ0n) is 29.8. The van der Waals surface area contributed by atoms with Crippen LogP contribution >= 0.6 is 0 Å². The van der Waals surface area contributed by atoms with Gasteiger partial charge in [-0.25, -0.2) is 4.99 Å². The van der Waals surface area contributed by atoms with E-state index in [1.807, 2.05) is 30.3 Å². The summed E-state index contributed by atoms with van der Waals surface area (Å²) in [5, 5.41) is 13.8. The highest BCUT2D eigenvalue weighted by molar-refractivity contribution is 6.18. The minimum absolute atomic E-state index is 0.113. The minimum atomic E-state index is -0.113. The highest BCUT2D eigenvalue weighted by atomic mass is 14.8. The molecule has 0 saturated carbocycles. The molecule has 0 aliphatic heterocycles. The monoisotopic (exact) mass is 678 g/mol. The first-order valence-corrected chi connectivity index (χ1v) is 18.2. The molecule has 1 N–H and O–H groups in total. The number of hydrogen-bond donors (Lipinski definition) is 1. The van der Waals surface area contributed by atoms with E-state index in [2.05, 4.69) is 172 Å². The van der Waals surface area contributed by atoms with Crippen molar-refractivity contribution in [2.24, 2.45) is 4.99 Å². The number of amidine groups is 1. The highest BCUT2D eigenvalue weighted by Crippen LogP contribution is 2.52. The molecule has 0 bridgehead atoms. The summed E-state index contributed by atoms with van der Waals surface area (Å²) in [7, 11) is 0. The van der Waals surface area contributed by atoms with Gasteiger partial charge in [0.1, 0.15) is 0 Å². The van der Waals surface area contributed by atoms with Gasteiger partial charge in [-0.1, -0.05) is 184 Å². The maximum absolute atomic E-state index is 8.97. The Morgan fingerprint density at radius 3 is 2.00 bits per heavy atom. The molecule has 0 spiro atoms. The van der Waals surface area contributed by atoms with Gasteiger partial charge >= 0.3 is 0 Å². The van der Waals surface area contributed by atoms with Crippen molar-refractivity contribution in [1.82, 2.24) is 0 Å². The van der Waals surface area contributed by atoms with E-state index in [0.717, 1.165) is 33.5 Å². The molecule has 8 aromatic carbocycles. The average Bonchev–Trinajstić information content (AvgIpc) is 3.45. The smallest absolute Gasteiger partial charge is 0.152 e. The second-order valence-corrected chi connectivity index (χ2v) is 14.3. The normalized spacial score (nSPS) is 13.4. The maximum atomic E-state index is 8.97. The van der Waals surface area contributed by atoms with Gasteiger partial charge in [0.15, 0.2) is 5.84 Å². The molecular formula is C51H38N2. The van der Waals surface area contributed by atoms with E-state index in [1.54, 1.807) is 0 Å². The lowest BCUT2D eigenvalue weighted by Crippen LogP contribution is -2.16. The van der Waals surface area contributed by atoms with Crippen LogP contribution in [0.15, 0.2) is 187 Å². The van der Waals surface area contributed by atoms with Crippen molar-refractivity contribution in [1.29, 1.82) is 5.41 Å². The van der Waals surface area contributed by atoms with Crippen molar-refractivity contribution in [2.45, 2.75) is 19.3 Å². The largest absolute Gasteiger partial charge is 0.282 e. The van der Waals surface area contributed by atoms with E-state index in [4.69, 9.17) is 10.4 Å². The van der Waals surface area contributed by atoms with Gasteiger partial charge in [0.05, 0.1) is 5.71 Å². The zero-order chi connectivity index (χ0) is 35.9. The third-order valence-electron chi connectivity index (χ3n) is 10.8. The van der Waals surface area contributed by atoms with Gasteiger partial charge < -0.3 is 0 Å². The number of benzene rings is 8. The average molecular weight is 679 g/mol. The third-order valence-corrected chi connectivity index (χ3v) is 10.8. The van der Waals surface area contributed by atoms with Crippen molar-refractivity contribution in [3.8, 4) is 33.4 Å². The Bertz CT molecular complexity index is 2770. The molecule has 0 heterocycles. The highest BCUT2D eigenvalue weighted by Gasteiger charge is 2.37. The van der Waals surface area contributed by atoms with Crippen LogP contribution in [0.2, 0.25) is 0 Å². The third kappa shape index (κ3) is 5.79. The first kappa shape index (κ1) is 32.3. The number of nitrogens with one attached hydrogen (secondary N) is 1. The Labute approximate surface area is 311 Å². The molecule has 252 valence electrons. The predicted molar refractivity (Wildman–Crippen MR) is 225 cm³/mol. The van der Waals surface area contributed by atoms with E-state index < -0.39 is 0 Å². The van der Waals surface area contributed by atoms with E-state index in [-0.39, 0.29) is 11.3 Å². The molecule has 53 heavy (non-hydrogen) atoms. The van der Waals surface area contributed by atoms with Crippen molar-refractivity contribution >= 4 is 39.2 Å². The van der Waals surface area contributed by atoms with Gasteiger partial charge in [-0.3, -0.25) is 5.41 Å². The summed E-state index contributed by atoms with van der Waals surface area (Å²) in [4.78, 5) is 4.95. The second kappa shape index (κ2) is 13.2. The Balaban J connectivity index is 1.14. The number of rotatable bonds is 6. The number of hydrogen-bond acceptors (Lipinski definition) is 1. The fourth-order valence-electron chi connectivity index (χ4n) is 8.15. The molecule has 0 unspecified atom stereocenters. The first-order chi connectivity index (χ1) is 26.0. The number of aliphatic imine (C=N–C) groups is 1. The van der Waals surface area contributed by atoms with Gasteiger partial charge in [0.25, 0.3) is 0 Å². The van der Waals surface area contributed by atoms with E-state index in [0.29, 0.717) is 0 Å². The van der Waals surface area contributed by atoms with Crippen molar-refractivity contribution < 1.29 is 0 Å². The van der Waals surface area contributed by atoms with Crippen LogP contribution in [-0.2, 0) is 5.41 Å². The fourth-order valence-corrected chi connectivity index (χ4v) is 8.15. The summed E-state index contributed by atoms with van der Waals surface area (Å²) < 4.78 is 0. The lowest BCUT2D eigenvalue weighted by atomic mass is 9.78.